The van der Waals surface area contributed by atoms with Gasteiger partial charge in [0.05, 0.1) is 6.54 Å². The van der Waals surface area contributed by atoms with Crippen molar-refractivity contribution in [2.24, 2.45) is 11.8 Å². The molecule has 0 bridgehead atoms. The normalized spacial score (nSPS) is 23.8. The molecule has 0 aliphatic carbocycles. The molecule has 1 heterocycles. The van der Waals surface area contributed by atoms with E-state index in [0.717, 1.165) is 18.4 Å². The topological polar surface area (TPSA) is 37.4 Å². The first kappa shape index (κ1) is 13.8. The van der Waals surface area contributed by atoms with Gasteiger partial charge in [-0.2, -0.15) is 0 Å². The summed E-state index contributed by atoms with van der Waals surface area (Å²) in [5, 5.41) is 0. The molecule has 3 nitrogen and oxygen atoms in total. The molecule has 2 rings (SSSR count). The van der Waals surface area contributed by atoms with Crippen LogP contribution in [0.5, 0.6) is 0 Å². The van der Waals surface area contributed by atoms with Crippen molar-refractivity contribution in [1.29, 1.82) is 0 Å². The number of nitrogens with zero attached hydrogens (tertiary/aromatic N) is 1. The fourth-order valence-electron chi connectivity index (χ4n) is 2.75. The summed E-state index contributed by atoms with van der Waals surface area (Å²) in [6, 6.07) is 9.70. The van der Waals surface area contributed by atoms with E-state index in [1.165, 1.54) is 4.90 Å². The number of benzene rings is 1. The first-order valence-corrected chi connectivity index (χ1v) is 7.01. The van der Waals surface area contributed by atoms with Gasteiger partial charge in [0, 0.05) is 12.3 Å². The number of piperidine rings is 1. The summed E-state index contributed by atoms with van der Waals surface area (Å²) in [5.41, 5.74) is 1.01. The average molecular weight is 259 g/mol. The van der Waals surface area contributed by atoms with E-state index in [4.69, 9.17) is 0 Å². The maximum absolute atomic E-state index is 12.4. The van der Waals surface area contributed by atoms with E-state index in [2.05, 4.69) is 6.92 Å². The van der Waals surface area contributed by atoms with Gasteiger partial charge in [-0.3, -0.25) is 14.5 Å². The van der Waals surface area contributed by atoms with Crippen LogP contribution in [0.4, 0.5) is 0 Å². The number of amides is 2. The lowest BCUT2D eigenvalue weighted by atomic mass is 9.83. The highest BCUT2D eigenvalue weighted by molar-refractivity contribution is 5.99. The number of hydrogen-bond donors (Lipinski definition) is 0. The van der Waals surface area contributed by atoms with E-state index < -0.39 is 0 Å². The molecule has 0 unspecified atom stereocenters. The summed E-state index contributed by atoms with van der Waals surface area (Å²) in [6.07, 6.45) is 2.34. The van der Waals surface area contributed by atoms with Gasteiger partial charge in [-0.25, -0.2) is 0 Å². The predicted molar refractivity (Wildman–Crippen MR) is 74.2 cm³/mol. The summed E-state index contributed by atoms with van der Waals surface area (Å²) in [4.78, 5) is 26.0. The summed E-state index contributed by atoms with van der Waals surface area (Å²) in [7, 11) is 0. The van der Waals surface area contributed by atoms with Gasteiger partial charge in [0.2, 0.25) is 11.8 Å². The molecule has 0 saturated carbocycles. The second-order valence-electron chi connectivity index (χ2n) is 5.38. The van der Waals surface area contributed by atoms with Crippen LogP contribution in [0.3, 0.4) is 0 Å². The first-order valence-electron chi connectivity index (χ1n) is 7.01. The zero-order valence-electron chi connectivity index (χ0n) is 11.6. The quantitative estimate of drug-likeness (QED) is 0.779. The van der Waals surface area contributed by atoms with Crippen LogP contribution in [0, 0.1) is 11.8 Å². The maximum atomic E-state index is 12.4. The Hall–Kier alpha value is -1.64. The van der Waals surface area contributed by atoms with Gasteiger partial charge in [-0.15, -0.1) is 0 Å². The highest BCUT2D eigenvalue weighted by Gasteiger charge is 2.38. The van der Waals surface area contributed by atoms with Crippen LogP contribution in [0.1, 0.15) is 38.7 Å². The molecule has 0 spiro atoms. The maximum Gasteiger partial charge on any atom is 0.232 e. The van der Waals surface area contributed by atoms with Crippen LogP contribution < -0.4 is 0 Å². The lowest BCUT2D eigenvalue weighted by Crippen LogP contribution is -2.47. The fourth-order valence-corrected chi connectivity index (χ4v) is 2.75. The average Bonchev–Trinajstić information content (AvgIpc) is 2.41. The van der Waals surface area contributed by atoms with Crippen molar-refractivity contribution in [3.8, 4) is 0 Å². The molecule has 3 heteroatoms. The Morgan fingerprint density at radius 1 is 1.21 bits per heavy atom. The number of rotatable bonds is 4. The van der Waals surface area contributed by atoms with Gasteiger partial charge in [0.1, 0.15) is 0 Å². The molecule has 1 fully saturated rings. The number of carbonyl (C=O) groups is 2. The zero-order chi connectivity index (χ0) is 13.8. The van der Waals surface area contributed by atoms with E-state index in [1.807, 2.05) is 37.3 Å². The van der Waals surface area contributed by atoms with Crippen LogP contribution in [0.2, 0.25) is 0 Å². The SMILES string of the molecule is CCC[C@H]1C(=O)N(Cc2ccccc2)C(=O)C[C@@H]1C. The second kappa shape index (κ2) is 6.00. The highest BCUT2D eigenvalue weighted by Crippen LogP contribution is 2.29. The third-order valence-corrected chi connectivity index (χ3v) is 3.85. The molecule has 1 aliphatic rings. The van der Waals surface area contributed by atoms with Gasteiger partial charge < -0.3 is 0 Å². The lowest BCUT2D eigenvalue weighted by molar-refractivity contribution is -0.155. The molecular formula is C16H21NO2. The molecule has 0 N–H and O–H groups in total. The number of carbonyl (C=O) groups excluding carboxylic acids is 2. The molecule has 1 saturated heterocycles. The Bertz CT molecular complexity index is 455. The van der Waals surface area contributed by atoms with E-state index in [9.17, 15) is 9.59 Å². The van der Waals surface area contributed by atoms with Crippen molar-refractivity contribution in [3.05, 3.63) is 35.9 Å². The van der Waals surface area contributed by atoms with E-state index in [1.54, 1.807) is 0 Å². The predicted octanol–water partition coefficient (Wildman–Crippen LogP) is 3.00. The molecule has 0 aromatic heterocycles. The monoisotopic (exact) mass is 259 g/mol. The summed E-state index contributed by atoms with van der Waals surface area (Å²) in [5.74, 6) is 0.154. The molecule has 1 aromatic rings. The Kier molecular flexibility index (Phi) is 4.35. The van der Waals surface area contributed by atoms with Gasteiger partial charge >= 0.3 is 0 Å². The molecule has 0 radical (unpaired) electrons. The minimum absolute atomic E-state index is 0.00594. The summed E-state index contributed by atoms with van der Waals surface area (Å²) < 4.78 is 0. The van der Waals surface area contributed by atoms with Gasteiger partial charge in [0.15, 0.2) is 0 Å². The van der Waals surface area contributed by atoms with Gasteiger partial charge in [0.25, 0.3) is 0 Å². The van der Waals surface area contributed by atoms with Crippen LogP contribution in [0.15, 0.2) is 30.3 Å². The third-order valence-electron chi connectivity index (χ3n) is 3.85. The molecule has 1 aromatic carbocycles. The standard InChI is InChI=1S/C16H21NO2/c1-3-7-14-12(2)10-15(18)17(16(14)19)11-13-8-5-4-6-9-13/h4-6,8-9,12,14H,3,7,10-11H2,1-2H3/t12-,14+/m0/s1. The smallest absolute Gasteiger partial charge is 0.232 e. The first-order chi connectivity index (χ1) is 9.13. The van der Waals surface area contributed by atoms with Gasteiger partial charge in [-0.05, 0) is 17.9 Å². The van der Waals surface area contributed by atoms with Crippen molar-refractivity contribution in [2.75, 3.05) is 0 Å². The molecule has 19 heavy (non-hydrogen) atoms. The van der Waals surface area contributed by atoms with Crippen molar-refractivity contribution in [1.82, 2.24) is 4.90 Å². The highest BCUT2D eigenvalue weighted by atomic mass is 16.2. The number of likely N-dealkylation sites (tertiary alicyclic amines) is 1. The summed E-state index contributed by atoms with van der Waals surface area (Å²) in [6.45, 7) is 4.50. The minimum Gasteiger partial charge on any atom is -0.278 e. The number of hydrogen-bond acceptors (Lipinski definition) is 2. The van der Waals surface area contributed by atoms with Crippen LogP contribution in [-0.2, 0) is 16.1 Å². The van der Waals surface area contributed by atoms with Crippen molar-refractivity contribution in [3.63, 3.8) is 0 Å². The minimum atomic E-state index is -0.0336. The van der Waals surface area contributed by atoms with Crippen molar-refractivity contribution < 1.29 is 9.59 Å². The molecule has 102 valence electrons. The largest absolute Gasteiger partial charge is 0.278 e. The summed E-state index contributed by atoms with van der Waals surface area (Å²) >= 11 is 0. The van der Waals surface area contributed by atoms with Crippen molar-refractivity contribution in [2.45, 2.75) is 39.7 Å². The van der Waals surface area contributed by atoms with Crippen molar-refractivity contribution >= 4 is 11.8 Å². The van der Waals surface area contributed by atoms with E-state index in [0.29, 0.717) is 13.0 Å². The Balaban J connectivity index is 2.14. The Morgan fingerprint density at radius 2 is 1.89 bits per heavy atom. The number of imide groups is 1. The van der Waals surface area contributed by atoms with Crippen LogP contribution in [-0.4, -0.2) is 16.7 Å². The second-order valence-corrected chi connectivity index (χ2v) is 5.38. The third kappa shape index (κ3) is 3.03. The van der Waals surface area contributed by atoms with E-state index in [-0.39, 0.29) is 23.7 Å². The lowest BCUT2D eigenvalue weighted by Gasteiger charge is -2.34. The Labute approximate surface area is 114 Å². The van der Waals surface area contributed by atoms with E-state index >= 15 is 0 Å². The fraction of sp³-hybridized carbons (Fsp3) is 0.500. The Morgan fingerprint density at radius 3 is 2.53 bits per heavy atom. The zero-order valence-corrected chi connectivity index (χ0v) is 11.6. The molecular weight excluding hydrogens is 238 g/mol. The van der Waals surface area contributed by atoms with Crippen LogP contribution >= 0.6 is 0 Å². The molecule has 1 aliphatic heterocycles. The van der Waals surface area contributed by atoms with Crippen LogP contribution in [0.25, 0.3) is 0 Å². The van der Waals surface area contributed by atoms with Gasteiger partial charge in [-0.1, -0.05) is 50.6 Å². The molecule has 2 atom stereocenters. The molecule has 2 amide bonds.